The van der Waals surface area contributed by atoms with Gasteiger partial charge in [0, 0.05) is 0 Å². The van der Waals surface area contributed by atoms with Gasteiger partial charge in [-0.1, -0.05) is 76.4 Å². The molecular formula is C19H26. The topological polar surface area (TPSA) is 0 Å². The molecule has 0 unspecified atom stereocenters. The molecule has 0 aliphatic carbocycles. The van der Waals surface area contributed by atoms with Crippen molar-refractivity contribution in [2.24, 2.45) is 5.41 Å². The van der Waals surface area contributed by atoms with Crippen LogP contribution in [0.15, 0.2) is 61.2 Å². The van der Waals surface area contributed by atoms with Gasteiger partial charge in [0.25, 0.3) is 0 Å². The van der Waals surface area contributed by atoms with Gasteiger partial charge in [-0.3, -0.25) is 0 Å². The molecule has 0 fully saturated rings. The van der Waals surface area contributed by atoms with Crippen LogP contribution in [0.3, 0.4) is 0 Å². The average Bonchev–Trinajstić information content (AvgIpc) is 2.35. The monoisotopic (exact) mass is 254 g/mol. The van der Waals surface area contributed by atoms with E-state index < -0.39 is 0 Å². The van der Waals surface area contributed by atoms with Crippen LogP contribution in [-0.4, -0.2) is 0 Å². The fourth-order valence-electron chi connectivity index (χ4n) is 2.00. The molecule has 0 aliphatic heterocycles. The van der Waals surface area contributed by atoms with Crippen LogP contribution in [0.25, 0.3) is 0 Å². The molecule has 1 rings (SSSR count). The number of allylic oxidation sites excluding steroid dienone is 4. The van der Waals surface area contributed by atoms with E-state index in [0.717, 1.165) is 12.8 Å². The van der Waals surface area contributed by atoms with Gasteiger partial charge in [0.2, 0.25) is 0 Å². The predicted octanol–water partition coefficient (Wildman–Crippen LogP) is 5.51. The number of rotatable bonds is 6. The Bertz CT molecular complexity index is 455. The van der Waals surface area contributed by atoms with E-state index in [2.05, 4.69) is 58.2 Å². The summed E-state index contributed by atoms with van der Waals surface area (Å²) in [4.78, 5) is 0. The summed E-state index contributed by atoms with van der Waals surface area (Å²) >= 11 is 0. The Balaban J connectivity index is 2.74. The van der Waals surface area contributed by atoms with E-state index in [1.54, 1.807) is 0 Å². The summed E-state index contributed by atoms with van der Waals surface area (Å²) in [6.07, 6.45) is 9.04. The van der Waals surface area contributed by atoms with Gasteiger partial charge in [0.05, 0.1) is 0 Å². The highest BCUT2D eigenvalue weighted by atomic mass is 14.2. The first-order valence-corrected chi connectivity index (χ1v) is 6.96. The fourth-order valence-corrected chi connectivity index (χ4v) is 2.00. The third-order valence-corrected chi connectivity index (χ3v) is 3.16. The zero-order valence-electron chi connectivity index (χ0n) is 12.6. The number of hydrogen-bond acceptors (Lipinski definition) is 0. The van der Waals surface area contributed by atoms with Gasteiger partial charge in [-0.15, -0.1) is 0 Å². The average molecular weight is 254 g/mol. The molecule has 0 bridgehead atoms. The van der Waals surface area contributed by atoms with Crippen molar-refractivity contribution < 1.29 is 0 Å². The summed E-state index contributed by atoms with van der Waals surface area (Å²) in [5, 5.41) is 0. The summed E-state index contributed by atoms with van der Waals surface area (Å²) < 4.78 is 0. The molecule has 0 aromatic heterocycles. The molecular weight excluding hydrogens is 228 g/mol. The molecule has 19 heavy (non-hydrogen) atoms. The van der Waals surface area contributed by atoms with Crippen LogP contribution >= 0.6 is 0 Å². The Morgan fingerprint density at radius 3 is 2.42 bits per heavy atom. The lowest BCUT2D eigenvalue weighted by atomic mass is 9.88. The first-order chi connectivity index (χ1) is 8.94. The normalized spacial score (nSPS) is 12.3. The maximum atomic E-state index is 3.85. The van der Waals surface area contributed by atoms with Crippen LogP contribution in [0, 0.1) is 5.41 Å². The summed E-state index contributed by atoms with van der Waals surface area (Å²) in [7, 11) is 0. The van der Waals surface area contributed by atoms with Crippen LogP contribution in [0.1, 0.15) is 38.3 Å². The largest absolute Gasteiger partial charge is 0.0991 e. The summed E-state index contributed by atoms with van der Waals surface area (Å²) in [6.45, 7) is 14.5. The second kappa shape index (κ2) is 7.13. The Hall–Kier alpha value is -1.56. The molecule has 0 N–H and O–H groups in total. The van der Waals surface area contributed by atoms with Crippen LogP contribution < -0.4 is 0 Å². The van der Waals surface area contributed by atoms with Crippen LogP contribution in [0.2, 0.25) is 0 Å². The second-order valence-corrected chi connectivity index (χ2v) is 6.24. The van der Waals surface area contributed by atoms with Crippen LogP contribution in [0.5, 0.6) is 0 Å². The van der Waals surface area contributed by atoms with E-state index in [1.165, 1.54) is 23.1 Å². The lowest BCUT2D eigenvalue weighted by molar-refractivity contribution is 0.378. The van der Waals surface area contributed by atoms with Crippen molar-refractivity contribution in [3.05, 3.63) is 72.4 Å². The lowest BCUT2D eigenvalue weighted by Crippen LogP contribution is -2.06. The summed E-state index contributed by atoms with van der Waals surface area (Å²) in [6, 6.07) is 8.87. The van der Waals surface area contributed by atoms with Crippen molar-refractivity contribution in [2.75, 3.05) is 0 Å². The molecule has 0 atom stereocenters. The van der Waals surface area contributed by atoms with E-state index in [9.17, 15) is 0 Å². The molecule has 1 aromatic rings. The molecule has 0 heteroatoms. The smallest absolute Gasteiger partial charge is 0.00259 e. The Morgan fingerprint density at radius 2 is 1.84 bits per heavy atom. The lowest BCUT2D eigenvalue weighted by Gasteiger charge is -2.18. The summed E-state index contributed by atoms with van der Waals surface area (Å²) in [5.74, 6) is 0. The molecule has 0 aliphatic rings. The zero-order chi connectivity index (χ0) is 14.3. The van der Waals surface area contributed by atoms with Gasteiger partial charge >= 0.3 is 0 Å². The molecule has 0 saturated heterocycles. The van der Waals surface area contributed by atoms with Crippen molar-refractivity contribution in [1.82, 2.24) is 0 Å². The first-order valence-electron chi connectivity index (χ1n) is 6.96. The second-order valence-electron chi connectivity index (χ2n) is 6.24. The Labute approximate surface area is 118 Å². The number of benzene rings is 1. The standard InChI is InChI=1S/C19H26/c1-6-9-16(7-2)14-18-11-8-10-17(15-18)12-13-19(3,4)5/h6-11,15H,1-2,12-14H2,3-5H3/b16-9+. The van der Waals surface area contributed by atoms with Crippen molar-refractivity contribution >= 4 is 0 Å². The van der Waals surface area contributed by atoms with Gasteiger partial charge in [-0.25, -0.2) is 0 Å². The van der Waals surface area contributed by atoms with E-state index in [-0.39, 0.29) is 0 Å². The SMILES string of the molecule is C=C/C=C(\C=C)Cc1cccc(CCC(C)(C)C)c1. The van der Waals surface area contributed by atoms with Gasteiger partial charge in [-0.2, -0.15) is 0 Å². The molecule has 0 spiro atoms. The van der Waals surface area contributed by atoms with E-state index >= 15 is 0 Å². The number of hydrogen-bond donors (Lipinski definition) is 0. The van der Waals surface area contributed by atoms with E-state index in [1.807, 2.05) is 18.2 Å². The van der Waals surface area contributed by atoms with Gasteiger partial charge < -0.3 is 0 Å². The highest BCUT2D eigenvalue weighted by Crippen LogP contribution is 2.22. The van der Waals surface area contributed by atoms with Crippen molar-refractivity contribution in [2.45, 2.75) is 40.0 Å². The molecule has 0 saturated carbocycles. The number of aryl methyl sites for hydroxylation is 1. The minimum atomic E-state index is 0.394. The highest BCUT2D eigenvalue weighted by Gasteiger charge is 2.10. The molecule has 102 valence electrons. The summed E-state index contributed by atoms with van der Waals surface area (Å²) in [5.41, 5.74) is 4.38. The fraction of sp³-hybridized carbons (Fsp3) is 0.368. The highest BCUT2D eigenvalue weighted by molar-refractivity contribution is 5.32. The third-order valence-electron chi connectivity index (χ3n) is 3.16. The molecule has 0 heterocycles. The minimum Gasteiger partial charge on any atom is -0.0991 e. The maximum Gasteiger partial charge on any atom is -0.00259 e. The van der Waals surface area contributed by atoms with Crippen LogP contribution in [0.4, 0.5) is 0 Å². The maximum absolute atomic E-state index is 3.85. The van der Waals surface area contributed by atoms with Gasteiger partial charge in [0.1, 0.15) is 0 Å². The Morgan fingerprint density at radius 1 is 1.16 bits per heavy atom. The van der Waals surface area contributed by atoms with Crippen molar-refractivity contribution in [3.63, 3.8) is 0 Å². The zero-order valence-corrected chi connectivity index (χ0v) is 12.6. The van der Waals surface area contributed by atoms with E-state index in [4.69, 9.17) is 0 Å². The molecule has 1 aromatic carbocycles. The van der Waals surface area contributed by atoms with E-state index in [0.29, 0.717) is 5.41 Å². The van der Waals surface area contributed by atoms with Crippen molar-refractivity contribution in [1.29, 1.82) is 0 Å². The third kappa shape index (κ3) is 6.24. The quantitative estimate of drug-likeness (QED) is 0.587. The van der Waals surface area contributed by atoms with Crippen LogP contribution in [-0.2, 0) is 12.8 Å². The Kier molecular flexibility index (Phi) is 5.82. The minimum absolute atomic E-state index is 0.394. The van der Waals surface area contributed by atoms with Gasteiger partial charge in [0.15, 0.2) is 0 Å². The molecule has 0 radical (unpaired) electrons. The van der Waals surface area contributed by atoms with Gasteiger partial charge in [-0.05, 0) is 41.4 Å². The van der Waals surface area contributed by atoms with Crippen molar-refractivity contribution in [3.8, 4) is 0 Å². The molecule has 0 amide bonds. The first kappa shape index (κ1) is 15.5. The predicted molar refractivity (Wildman–Crippen MR) is 86.4 cm³/mol. The molecule has 0 nitrogen and oxygen atoms in total.